The van der Waals surface area contributed by atoms with Gasteiger partial charge in [-0.05, 0) is 42.3 Å². The standard InChI is InChI=1S/C23H21N3O7S/c1-2-16-10-12-17(13-11-16)24-22(27)15-33-23(28)20-8-3-4-9-21(20)25-34(31,32)19-7-5-6-18(14-19)26(29)30/h3-14,25H,2,15H2,1H3,(H,24,27). The number of amides is 1. The number of sulfonamides is 1. The quantitative estimate of drug-likeness (QED) is 0.268. The largest absolute Gasteiger partial charge is 0.452 e. The van der Waals surface area contributed by atoms with Gasteiger partial charge in [-0.15, -0.1) is 0 Å². The van der Waals surface area contributed by atoms with Crippen LogP contribution in [0.5, 0.6) is 0 Å². The number of benzene rings is 3. The fourth-order valence-electron chi connectivity index (χ4n) is 2.95. The maximum Gasteiger partial charge on any atom is 0.340 e. The number of nitrogens with one attached hydrogen (secondary N) is 2. The Hall–Kier alpha value is -4.25. The van der Waals surface area contributed by atoms with Crippen LogP contribution in [-0.2, 0) is 26.0 Å². The zero-order valence-electron chi connectivity index (χ0n) is 18.1. The third kappa shape index (κ3) is 6.17. The zero-order valence-corrected chi connectivity index (χ0v) is 18.9. The van der Waals surface area contributed by atoms with Crippen LogP contribution in [0.4, 0.5) is 17.1 Å². The smallest absolute Gasteiger partial charge is 0.340 e. The highest BCUT2D eigenvalue weighted by Crippen LogP contribution is 2.23. The predicted molar refractivity (Wildman–Crippen MR) is 125 cm³/mol. The lowest BCUT2D eigenvalue weighted by Gasteiger charge is -2.12. The SMILES string of the molecule is CCc1ccc(NC(=O)COC(=O)c2ccccc2NS(=O)(=O)c2cccc([N+](=O)[O-])c2)cc1. The molecule has 0 aliphatic rings. The molecule has 176 valence electrons. The lowest BCUT2D eigenvalue weighted by atomic mass is 10.1. The molecule has 0 aliphatic carbocycles. The van der Waals surface area contributed by atoms with Crippen molar-refractivity contribution in [1.82, 2.24) is 0 Å². The minimum atomic E-state index is -4.24. The molecule has 0 aliphatic heterocycles. The summed E-state index contributed by atoms with van der Waals surface area (Å²) >= 11 is 0. The molecule has 0 unspecified atom stereocenters. The average molecular weight is 484 g/mol. The van der Waals surface area contributed by atoms with Gasteiger partial charge in [0.2, 0.25) is 0 Å². The maximum absolute atomic E-state index is 12.7. The third-order valence-electron chi connectivity index (χ3n) is 4.71. The molecule has 3 aromatic rings. The van der Waals surface area contributed by atoms with Crippen molar-refractivity contribution in [1.29, 1.82) is 0 Å². The van der Waals surface area contributed by atoms with Gasteiger partial charge < -0.3 is 10.1 Å². The van der Waals surface area contributed by atoms with E-state index in [4.69, 9.17) is 4.74 Å². The second-order valence-corrected chi connectivity index (χ2v) is 8.76. The summed E-state index contributed by atoms with van der Waals surface area (Å²) in [5.74, 6) is -1.49. The monoisotopic (exact) mass is 483 g/mol. The summed E-state index contributed by atoms with van der Waals surface area (Å²) in [6.07, 6.45) is 0.857. The lowest BCUT2D eigenvalue weighted by Crippen LogP contribution is -2.22. The van der Waals surface area contributed by atoms with E-state index in [-0.39, 0.29) is 16.1 Å². The Labute approximate surface area is 195 Å². The number of nitrogens with zero attached hydrogens (tertiary/aromatic N) is 1. The molecule has 0 saturated heterocycles. The van der Waals surface area contributed by atoms with E-state index in [1.54, 1.807) is 12.1 Å². The van der Waals surface area contributed by atoms with Crippen LogP contribution in [0, 0.1) is 10.1 Å². The van der Waals surface area contributed by atoms with E-state index in [0.717, 1.165) is 24.1 Å². The number of nitro groups is 1. The Kier molecular flexibility index (Phi) is 7.59. The number of nitro benzene ring substituents is 1. The number of anilines is 2. The average Bonchev–Trinajstić information content (AvgIpc) is 2.83. The number of esters is 1. The molecule has 3 aromatic carbocycles. The third-order valence-corrected chi connectivity index (χ3v) is 6.07. The number of para-hydroxylation sites is 1. The number of carbonyl (C=O) groups excluding carboxylic acids is 2. The highest BCUT2D eigenvalue weighted by Gasteiger charge is 2.21. The van der Waals surface area contributed by atoms with Crippen molar-refractivity contribution in [2.24, 2.45) is 0 Å². The topological polar surface area (TPSA) is 145 Å². The minimum absolute atomic E-state index is 0.102. The Balaban J connectivity index is 1.69. The van der Waals surface area contributed by atoms with Gasteiger partial charge >= 0.3 is 5.97 Å². The highest BCUT2D eigenvalue weighted by molar-refractivity contribution is 7.92. The summed E-state index contributed by atoms with van der Waals surface area (Å²) in [6, 6.07) is 17.3. The Bertz CT molecular complexity index is 1320. The maximum atomic E-state index is 12.7. The number of rotatable bonds is 9. The van der Waals surface area contributed by atoms with Gasteiger partial charge in [-0.2, -0.15) is 0 Å². The van der Waals surface area contributed by atoms with Gasteiger partial charge in [0.1, 0.15) is 0 Å². The summed E-state index contributed by atoms with van der Waals surface area (Å²) in [7, 11) is -4.24. The van der Waals surface area contributed by atoms with Gasteiger partial charge in [0.05, 0.1) is 21.1 Å². The van der Waals surface area contributed by atoms with Crippen molar-refractivity contribution in [3.8, 4) is 0 Å². The molecule has 0 fully saturated rings. The molecule has 0 atom stereocenters. The van der Waals surface area contributed by atoms with E-state index >= 15 is 0 Å². The molecule has 0 bridgehead atoms. The Morgan fingerprint density at radius 1 is 1.00 bits per heavy atom. The van der Waals surface area contributed by atoms with E-state index in [1.165, 1.54) is 36.4 Å². The second kappa shape index (κ2) is 10.6. The fourth-order valence-corrected chi connectivity index (χ4v) is 4.07. The highest BCUT2D eigenvalue weighted by atomic mass is 32.2. The fraction of sp³-hybridized carbons (Fsp3) is 0.130. The summed E-state index contributed by atoms with van der Waals surface area (Å²) in [5.41, 5.74) is 1.02. The van der Waals surface area contributed by atoms with Gasteiger partial charge in [-0.25, -0.2) is 13.2 Å². The van der Waals surface area contributed by atoms with Crippen LogP contribution < -0.4 is 10.0 Å². The normalized spacial score (nSPS) is 10.9. The Morgan fingerprint density at radius 3 is 2.38 bits per heavy atom. The van der Waals surface area contributed by atoms with E-state index in [9.17, 15) is 28.1 Å². The molecular weight excluding hydrogens is 462 g/mol. The van der Waals surface area contributed by atoms with Crippen molar-refractivity contribution >= 4 is 39.0 Å². The van der Waals surface area contributed by atoms with E-state index in [2.05, 4.69) is 10.0 Å². The summed E-state index contributed by atoms with van der Waals surface area (Å²) in [5, 5.41) is 13.6. The Morgan fingerprint density at radius 2 is 1.71 bits per heavy atom. The lowest BCUT2D eigenvalue weighted by molar-refractivity contribution is -0.385. The van der Waals surface area contributed by atoms with E-state index in [0.29, 0.717) is 5.69 Å². The molecule has 0 aromatic heterocycles. The van der Waals surface area contributed by atoms with Crippen LogP contribution in [0.1, 0.15) is 22.8 Å². The van der Waals surface area contributed by atoms with Crippen molar-refractivity contribution in [2.75, 3.05) is 16.6 Å². The van der Waals surface area contributed by atoms with Gasteiger partial charge in [0.15, 0.2) is 6.61 Å². The van der Waals surface area contributed by atoms with Gasteiger partial charge in [-0.3, -0.25) is 19.6 Å². The molecule has 34 heavy (non-hydrogen) atoms. The van der Waals surface area contributed by atoms with Crippen LogP contribution in [0.3, 0.4) is 0 Å². The molecule has 0 radical (unpaired) electrons. The van der Waals surface area contributed by atoms with Crippen molar-refractivity contribution in [3.63, 3.8) is 0 Å². The minimum Gasteiger partial charge on any atom is -0.452 e. The van der Waals surface area contributed by atoms with Gasteiger partial charge in [-0.1, -0.05) is 37.3 Å². The molecule has 0 heterocycles. The number of hydrogen-bond acceptors (Lipinski definition) is 7. The zero-order chi connectivity index (χ0) is 24.7. The summed E-state index contributed by atoms with van der Waals surface area (Å²) < 4.78 is 32.7. The van der Waals surface area contributed by atoms with Crippen molar-refractivity contribution < 1.29 is 27.7 Å². The first-order valence-corrected chi connectivity index (χ1v) is 11.6. The van der Waals surface area contributed by atoms with Crippen LogP contribution in [0.15, 0.2) is 77.7 Å². The van der Waals surface area contributed by atoms with Crippen LogP contribution in [0.25, 0.3) is 0 Å². The number of non-ortho nitro benzene ring substituents is 1. The number of hydrogen-bond donors (Lipinski definition) is 2. The summed E-state index contributed by atoms with van der Waals surface area (Å²) in [4.78, 5) is 34.6. The first-order chi connectivity index (χ1) is 16.2. The molecule has 11 heteroatoms. The first kappa shape index (κ1) is 24.4. The van der Waals surface area contributed by atoms with Crippen molar-refractivity contribution in [3.05, 3.63) is 94.0 Å². The predicted octanol–water partition coefficient (Wildman–Crippen LogP) is 3.75. The van der Waals surface area contributed by atoms with Gasteiger partial charge in [0.25, 0.3) is 21.6 Å². The van der Waals surface area contributed by atoms with Crippen LogP contribution >= 0.6 is 0 Å². The number of aryl methyl sites for hydroxylation is 1. The number of ether oxygens (including phenoxy) is 1. The number of carbonyl (C=O) groups is 2. The van der Waals surface area contributed by atoms with Crippen LogP contribution in [0.2, 0.25) is 0 Å². The van der Waals surface area contributed by atoms with Crippen LogP contribution in [-0.4, -0.2) is 31.8 Å². The molecule has 0 spiro atoms. The molecule has 2 N–H and O–H groups in total. The molecule has 1 amide bonds. The van der Waals surface area contributed by atoms with E-state index < -0.39 is 39.1 Å². The second-order valence-electron chi connectivity index (χ2n) is 7.08. The first-order valence-electron chi connectivity index (χ1n) is 10.1. The molecule has 3 rings (SSSR count). The van der Waals surface area contributed by atoms with Gasteiger partial charge in [0, 0.05) is 17.8 Å². The summed E-state index contributed by atoms with van der Waals surface area (Å²) in [6.45, 7) is 1.43. The molecule has 0 saturated carbocycles. The van der Waals surface area contributed by atoms with E-state index in [1.807, 2.05) is 19.1 Å². The molecule has 10 nitrogen and oxygen atoms in total. The molecular formula is C23H21N3O7S. The van der Waals surface area contributed by atoms with Crippen molar-refractivity contribution in [2.45, 2.75) is 18.2 Å².